The summed E-state index contributed by atoms with van der Waals surface area (Å²) in [5, 5.41) is 12.7. The molecule has 0 aliphatic heterocycles. The molecule has 0 atom stereocenters. The molecule has 0 aliphatic carbocycles. The molecule has 3 rings (SSSR count). The third-order valence-corrected chi connectivity index (χ3v) is 4.33. The van der Waals surface area contributed by atoms with E-state index < -0.39 is 17.6 Å². The Morgan fingerprint density at radius 2 is 2.24 bits per heavy atom. The summed E-state index contributed by atoms with van der Waals surface area (Å²) in [6.07, 6.45) is 0. The molecule has 1 aromatic carbocycles. The molecule has 0 amide bonds. The van der Waals surface area contributed by atoms with E-state index in [0.717, 1.165) is 17.8 Å². The number of rotatable bonds is 4. The molecule has 1 N–H and O–H groups in total. The normalized spacial score (nSPS) is 11.1. The minimum absolute atomic E-state index is 0.0236. The van der Waals surface area contributed by atoms with Crippen LogP contribution in [0.2, 0.25) is 0 Å². The van der Waals surface area contributed by atoms with Crippen LogP contribution in [-0.2, 0) is 4.79 Å². The quantitative estimate of drug-likeness (QED) is 0.745. The van der Waals surface area contributed by atoms with Crippen LogP contribution in [0.4, 0.5) is 8.78 Å². The summed E-state index contributed by atoms with van der Waals surface area (Å²) in [5.41, 5.74) is 0.995. The minimum atomic E-state index is -1.00. The molecular weight excluding hydrogens is 318 g/mol. The second-order valence-corrected chi connectivity index (χ2v) is 5.87. The molecule has 0 fully saturated rings. The molecule has 0 radical (unpaired) electrons. The number of hydrogen-bond donors (Lipinski definition) is 1. The third kappa shape index (κ3) is 2.64. The molecule has 3 aromatic rings. The molecule has 4 nitrogen and oxygen atoms in total. The van der Waals surface area contributed by atoms with E-state index in [-0.39, 0.29) is 16.8 Å². The predicted molar refractivity (Wildman–Crippen MR) is 77.2 cm³/mol. The van der Waals surface area contributed by atoms with Gasteiger partial charge in [0.15, 0.2) is 11.0 Å². The number of imidazole rings is 1. The van der Waals surface area contributed by atoms with Gasteiger partial charge < -0.3 is 5.11 Å². The van der Waals surface area contributed by atoms with Crippen molar-refractivity contribution in [2.45, 2.75) is 5.16 Å². The molecule has 2 heterocycles. The molecule has 0 bridgehead atoms. The Morgan fingerprint density at radius 3 is 2.90 bits per heavy atom. The Balaban J connectivity index is 2.23. The van der Waals surface area contributed by atoms with E-state index in [1.165, 1.54) is 17.4 Å². The van der Waals surface area contributed by atoms with Gasteiger partial charge in [-0.3, -0.25) is 9.36 Å². The number of thiophene rings is 1. The second kappa shape index (κ2) is 5.45. The van der Waals surface area contributed by atoms with Gasteiger partial charge in [0.2, 0.25) is 0 Å². The number of halogens is 2. The summed E-state index contributed by atoms with van der Waals surface area (Å²) in [7, 11) is 0. The van der Waals surface area contributed by atoms with Crippen LogP contribution in [0.1, 0.15) is 0 Å². The summed E-state index contributed by atoms with van der Waals surface area (Å²) in [6, 6.07) is 3.73. The van der Waals surface area contributed by atoms with Crippen LogP contribution in [0.15, 0.2) is 34.1 Å². The lowest BCUT2D eigenvalue weighted by Crippen LogP contribution is -2.01. The van der Waals surface area contributed by atoms with Gasteiger partial charge in [-0.15, -0.1) is 0 Å². The Bertz CT molecular complexity index is 815. The molecule has 108 valence electrons. The number of benzene rings is 1. The summed E-state index contributed by atoms with van der Waals surface area (Å²) in [4.78, 5) is 14.8. The van der Waals surface area contributed by atoms with Crippen molar-refractivity contribution in [3.05, 3.63) is 40.6 Å². The van der Waals surface area contributed by atoms with E-state index >= 15 is 0 Å². The van der Waals surface area contributed by atoms with Crippen LogP contribution in [0.3, 0.4) is 0 Å². The lowest BCUT2D eigenvalue weighted by atomic mass is 10.3. The maximum atomic E-state index is 13.8. The highest BCUT2D eigenvalue weighted by Crippen LogP contribution is 2.30. The van der Waals surface area contributed by atoms with Gasteiger partial charge >= 0.3 is 5.97 Å². The average Bonchev–Trinajstić information content (AvgIpc) is 3.02. The van der Waals surface area contributed by atoms with Crippen LogP contribution in [0.5, 0.6) is 0 Å². The summed E-state index contributed by atoms with van der Waals surface area (Å²) in [5.74, 6) is -2.68. The molecule has 2 aromatic heterocycles. The van der Waals surface area contributed by atoms with Crippen LogP contribution < -0.4 is 0 Å². The van der Waals surface area contributed by atoms with E-state index in [1.54, 1.807) is 16.0 Å². The van der Waals surface area contributed by atoms with E-state index in [1.807, 2.05) is 5.38 Å². The molecule has 0 unspecified atom stereocenters. The number of carboxylic acid groups (broad SMARTS) is 1. The molecular formula is C13H8F2N2O2S2. The van der Waals surface area contributed by atoms with Gasteiger partial charge in [-0.2, -0.15) is 11.3 Å². The van der Waals surface area contributed by atoms with Crippen LogP contribution in [0, 0.1) is 11.6 Å². The number of aromatic nitrogens is 2. The summed E-state index contributed by atoms with van der Waals surface area (Å²) < 4.78 is 28.9. The molecule has 0 aliphatic rings. The first-order valence-corrected chi connectivity index (χ1v) is 7.74. The highest BCUT2D eigenvalue weighted by molar-refractivity contribution is 7.99. The SMILES string of the molecule is O=C(O)CSc1nc2c(F)cc(F)cc2n1-c1ccsc1. The van der Waals surface area contributed by atoms with Crippen LogP contribution >= 0.6 is 23.1 Å². The molecule has 0 saturated heterocycles. The Labute approximate surface area is 126 Å². The number of hydrogen-bond acceptors (Lipinski definition) is 4. The van der Waals surface area contributed by atoms with E-state index in [0.29, 0.717) is 10.8 Å². The fraction of sp³-hybridized carbons (Fsp3) is 0.0769. The zero-order chi connectivity index (χ0) is 15.0. The smallest absolute Gasteiger partial charge is 0.313 e. The van der Waals surface area contributed by atoms with E-state index in [2.05, 4.69) is 4.98 Å². The number of nitrogens with zero attached hydrogens (tertiary/aromatic N) is 2. The standard InChI is InChI=1S/C13H8F2N2O2S2/c14-7-3-9(15)12-10(4-7)17(8-1-2-20-5-8)13(16-12)21-6-11(18)19/h1-5H,6H2,(H,18,19). The minimum Gasteiger partial charge on any atom is -0.481 e. The lowest BCUT2D eigenvalue weighted by Gasteiger charge is -2.05. The third-order valence-electron chi connectivity index (χ3n) is 2.74. The zero-order valence-electron chi connectivity index (χ0n) is 10.4. The van der Waals surface area contributed by atoms with Crippen molar-refractivity contribution < 1.29 is 18.7 Å². The highest BCUT2D eigenvalue weighted by Gasteiger charge is 2.18. The first-order valence-electron chi connectivity index (χ1n) is 5.81. The lowest BCUT2D eigenvalue weighted by molar-refractivity contribution is -0.133. The van der Waals surface area contributed by atoms with Crippen molar-refractivity contribution in [2.24, 2.45) is 0 Å². The fourth-order valence-electron chi connectivity index (χ4n) is 1.94. The number of carbonyl (C=O) groups is 1. The number of carboxylic acids is 1. The number of fused-ring (bicyclic) bond motifs is 1. The van der Waals surface area contributed by atoms with E-state index in [4.69, 9.17) is 5.11 Å². The van der Waals surface area contributed by atoms with Gasteiger partial charge in [0.1, 0.15) is 11.3 Å². The van der Waals surface area contributed by atoms with Crippen LogP contribution in [0.25, 0.3) is 16.7 Å². The largest absolute Gasteiger partial charge is 0.481 e. The molecule has 21 heavy (non-hydrogen) atoms. The highest BCUT2D eigenvalue weighted by atomic mass is 32.2. The topological polar surface area (TPSA) is 55.1 Å². The molecule has 8 heteroatoms. The van der Waals surface area contributed by atoms with Gasteiger partial charge in [0.25, 0.3) is 0 Å². The molecule has 0 saturated carbocycles. The van der Waals surface area contributed by atoms with Crippen molar-refractivity contribution in [1.29, 1.82) is 0 Å². The number of thioether (sulfide) groups is 1. The first-order chi connectivity index (χ1) is 10.1. The van der Waals surface area contributed by atoms with Crippen LogP contribution in [-0.4, -0.2) is 26.4 Å². The molecule has 0 spiro atoms. The average molecular weight is 326 g/mol. The fourth-order valence-corrected chi connectivity index (χ4v) is 3.30. The second-order valence-electron chi connectivity index (χ2n) is 4.15. The Morgan fingerprint density at radius 1 is 1.43 bits per heavy atom. The van der Waals surface area contributed by atoms with Gasteiger partial charge in [-0.1, -0.05) is 11.8 Å². The van der Waals surface area contributed by atoms with Gasteiger partial charge in [-0.25, -0.2) is 13.8 Å². The predicted octanol–water partition coefficient (Wildman–Crippen LogP) is 3.54. The number of aliphatic carboxylic acids is 1. The van der Waals surface area contributed by atoms with E-state index in [9.17, 15) is 13.6 Å². The van der Waals surface area contributed by atoms with Gasteiger partial charge in [0, 0.05) is 17.5 Å². The monoisotopic (exact) mass is 326 g/mol. The van der Waals surface area contributed by atoms with Gasteiger partial charge in [0.05, 0.1) is 17.0 Å². The maximum absolute atomic E-state index is 13.8. The van der Waals surface area contributed by atoms with Crippen molar-refractivity contribution in [1.82, 2.24) is 9.55 Å². The van der Waals surface area contributed by atoms with Crippen molar-refractivity contribution in [2.75, 3.05) is 5.75 Å². The maximum Gasteiger partial charge on any atom is 0.313 e. The van der Waals surface area contributed by atoms with Crippen molar-refractivity contribution in [3.63, 3.8) is 0 Å². The van der Waals surface area contributed by atoms with Crippen molar-refractivity contribution in [3.8, 4) is 5.69 Å². The summed E-state index contributed by atoms with van der Waals surface area (Å²) >= 11 is 2.39. The Kier molecular flexibility index (Phi) is 3.64. The zero-order valence-corrected chi connectivity index (χ0v) is 12.0. The summed E-state index contributed by atoms with van der Waals surface area (Å²) in [6.45, 7) is 0. The first kappa shape index (κ1) is 14.0. The van der Waals surface area contributed by atoms with Crippen molar-refractivity contribution >= 4 is 40.1 Å². The Hall–Kier alpha value is -1.93. The van der Waals surface area contributed by atoms with Gasteiger partial charge in [-0.05, 0) is 11.4 Å².